The number of amides is 2. The molecule has 3 heterocycles. The average molecular weight is 442 g/mol. The van der Waals surface area contributed by atoms with Crippen LogP contribution in [0.15, 0.2) is 48.5 Å². The number of piperidine rings is 1. The fraction of sp³-hybridized carbons (Fsp3) is 0.348. The van der Waals surface area contributed by atoms with E-state index in [-0.39, 0.29) is 29.8 Å². The molecule has 0 radical (unpaired) electrons. The lowest BCUT2D eigenvalue weighted by Crippen LogP contribution is -2.45. The number of carbonyl (C=O) groups excluding carboxylic acids is 2. The van der Waals surface area contributed by atoms with Crippen LogP contribution in [0.2, 0.25) is 0 Å². The molecule has 0 bridgehead atoms. The Morgan fingerprint density at radius 1 is 0.969 bits per heavy atom. The molecule has 2 aromatic carbocycles. The molecule has 2 amide bonds. The molecule has 3 aromatic rings. The molecule has 1 unspecified atom stereocenters. The number of likely N-dealkylation sites (tertiary alicyclic amines) is 1. The van der Waals surface area contributed by atoms with E-state index in [0.29, 0.717) is 13.1 Å². The molecule has 6 nitrogen and oxygen atoms in total. The number of rotatable bonds is 3. The second kappa shape index (κ2) is 7.74. The van der Waals surface area contributed by atoms with Gasteiger partial charge in [0.05, 0.1) is 34.7 Å². The molecule has 2 fully saturated rings. The van der Waals surface area contributed by atoms with Crippen LogP contribution in [0, 0.1) is 0 Å². The second-order valence-corrected chi connectivity index (χ2v) is 8.28. The van der Waals surface area contributed by atoms with Crippen LogP contribution < -0.4 is 4.90 Å². The maximum atomic E-state index is 13.0. The molecule has 1 N–H and O–H groups in total. The number of para-hydroxylation sites is 2. The number of H-pyrrole nitrogens is 1. The fourth-order valence-corrected chi connectivity index (χ4v) is 4.62. The Bertz CT molecular complexity index is 1130. The maximum absolute atomic E-state index is 13.0. The quantitative estimate of drug-likeness (QED) is 0.621. The molecular weight excluding hydrogens is 421 g/mol. The van der Waals surface area contributed by atoms with Gasteiger partial charge >= 0.3 is 6.18 Å². The van der Waals surface area contributed by atoms with Crippen molar-refractivity contribution < 1.29 is 22.8 Å². The van der Waals surface area contributed by atoms with Crippen LogP contribution in [0.25, 0.3) is 11.0 Å². The third kappa shape index (κ3) is 3.66. The van der Waals surface area contributed by atoms with Crippen molar-refractivity contribution in [2.24, 2.45) is 0 Å². The third-order valence-corrected chi connectivity index (χ3v) is 6.34. The highest BCUT2D eigenvalue weighted by atomic mass is 19.4. The first-order valence-corrected chi connectivity index (χ1v) is 10.5. The van der Waals surface area contributed by atoms with E-state index in [1.165, 1.54) is 12.1 Å². The van der Waals surface area contributed by atoms with Crippen LogP contribution in [0.3, 0.4) is 0 Å². The molecule has 1 atom stereocenters. The first-order chi connectivity index (χ1) is 15.3. The summed E-state index contributed by atoms with van der Waals surface area (Å²) in [4.78, 5) is 36.6. The highest BCUT2D eigenvalue weighted by molar-refractivity contribution is 6.22. The standard InChI is InChI=1S/C23H21F3N4O2/c24-23(25,26)15-5-7-16(8-6-15)30-20(31)13-19(22(30)32)29-11-9-14(10-12-29)21-27-17-3-1-2-4-18(17)28-21/h1-8,14,19H,9-13H2,(H,27,28). The van der Waals surface area contributed by atoms with Crippen LogP contribution in [0.5, 0.6) is 0 Å². The monoisotopic (exact) mass is 442 g/mol. The van der Waals surface area contributed by atoms with Gasteiger partial charge in [-0.15, -0.1) is 0 Å². The number of nitrogens with one attached hydrogen (secondary N) is 1. The molecule has 1 aromatic heterocycles. The molecular formula is C23H21F3N4O2. The number of nitrogens with zero attached hydrogens (tertiary/aromatic N) is 3. The van der Waals surface area contributed by atoms with Crippen LogP contribution in [0.1, 0.15) is 36.6 Å². The maximum Gasteiger partial charge on any atom is 0.416 e. The van der Waals surface area contributed by atoms with E-state index in [1.54, 1.807) is 0 Å². The van der Waals surface area contributed by atoms with Gasteiger partial charge in [0.15, 0.2) is 0 Å². The zero-order valence-electron chi connectivity index (χ0n) is 17.1. The topological polar surface area (TPSA) is 69.3 Å². The number of alkyl halides is 3. The number of anilines is 1. The smallest absolute Gasteiger partial charge is 0.342 e. The van der Waals surface area contributed by atoms with Crippen molar-refractivity contribution in [3.8, 4) is 0 Å². The number of imidazole rings is 1. The number of carbonyl (C=O) groups is 2. The summed E-state index contributed by atoms with van der Waals surface area (Å²) in [5.41, 5.74) is 1.28. The minimum Gasteiger partial charge on any atom is -0.342 e. The number of hydrogen-bond acceptors (Lipinski definition) is 4. The molecule has 0 saturated carbocycles. The first kappa shape index (κ1) is 20.7. The summed E-state index contributed by atoms with van der Waals surface area (Å²) in [6, 6.07) is 11.4. The molecule has 0 aliphatic carbocycles. The SMILES string of the molecule is O=C1CC(N2CCC(c3nc4ccccc4[nH]3)CC2)C(=O)N1c1ccc(C(F)(F)F)cc1. The van der Waals surface area contributed by atoms with Crippen LogP contribution in [0.4, 0.5) is 18.9 Å². The zero-order valence-corrected chi connectivity index (χ0v) is 17.1. The van der Waals surface area contributed by atoms with Gasteiger partial charge in [0.25, 0.3) is 5.91 Å². The minimum absolute atomic E-state index is 0.0369. The molecule has 5 rings (SSSR count). The van der Waals surface area contributed by atoms with E-state index < -0.39 is 17.8 Å². The van der Waals surface area contributed by atoms with E-state index in [9.17, 15) is 22.8 Å². The predicted molar refractivity (Wildman–Crippen MR) is 112 cm³/mol. The van der Waals surface area contributed by atoms with Crippen molar-refractivity contribution in [1.29, 1.82) is 0 Å². The normalized spacial score (nSPS) is 21.1. The average Bonchev–Trinajstić information content (AvgIpc) is 3.34. The largest absolute Gasteiger partial charge is 0.416 e. The molecule has 166 valence electrons. The minimum atomic E-state index is -4.47. The Kier molecular flexibility index (Phi) is 5.00. The van der Waals surface area contributed by atoms with Crippen LogP contribution in [-0.4, -0.2) is 45.8 Å². The summed E-state index contributed by atoms with van der Waals surface area (Å²) in [5, 5.41) is 0. The lowest BCUT2D eigenvalue weighted by molar-refractivity contribution is -0.137. The number of imide groups is 1. The van der Waals surface area contributed by atoms with E-state index in [1.807, 2.05) is 29.2 Å². The Morgan fingerprint density at radius 2 is 1.66 bits per heavy atom. The van der Waals surface area contributed by atoms with Crippen LogP contribution >= 0.6 is 0 Å². The highest BCUT2D eigenvalue weighted by Crippen LogP contribution is 2.34. The van der Waals surface area contributed by atoms with Crippen LogP contribution in [-0.2, 0) is 15.8 Å². The molecule has 2 saturated heterocycles. The molecule has 32 heavy (non-hydrogen) atoms. The third-order valence-electron chi connectivity index (χ3n) is 6.34. The van der Waals surface area contributed by atoms with Gasteiger partial charge in [0.2, 0.25) is 5.91 Å². The van der Waals surface area contributed by atoms with Crippen molar-refractivity contribution >= 4 is 28.5 Å². The lowest BCUT2D eigenvalue weighted by Gasteiger charge is -2.34. The summed E-state index contributed by atoms with van der Waals surface area (Å²) < 4.78 is 38.4. The predicted octanol–water partition coefficient (Wildman–Crippen LogP) is 4.09. The zero-order chi connectivity index (χ0) is 22.5. The summed E-state index contributed by atoms with van der Waals surface area (Å²) in [5.74, 6) is 0.416. The number of fused-ring (bicyclic) bond motifs is 1. The van der Waals surface area contributed by atoms with Crippen molar-refractivity contribution in [1.82, 2.24) is 14.9 Å². The van der Waals surface area contributed by atoms with Gasteiger partial charge in [0, 0.05) is 5.92 Å². The van der Waals surface area contributed by atoms with E-state index in [0.717, 1.165) is 46.7 Å². The number of aromatic amines is 1. The van der Waals surface area contributed by atoms with Gasteiger partial charge in [-0.1, -0.05) is 12.1 Å². The number of benzene rings is 2. The summed E-state index contributed by atoms with van der Waals surface area (Å²) in [6.07, 6.45) is -2.82. The van der Waals surface area contributed by atoms with Gasteiger partial charge in [-0.2, -0.15) is 13.2 Å². The second-order valence-electron chi connectivity index (χ2n) is 8.28. The van der Waals surface area contributed by atoms with Gasteiger partial charge in [-0.05, 0) is 62.3 Å². The highest BCUT2D eigenvalue weighted by Gasteiger charge is 2.44. The van der Waals surface area contributed by atoms with E-state index >= 15 is 0 Å². The number of aromatic nitrogens is 2. The fourth-order valence-electron chi connectivity index (χ4n) is 4.62. The molecule has 0 spiro atoms. The Labute approximate surface area is 182 Å². The van der Waals surface area contributed by atoms with Gasteiger partial charge in [-0.25, -0.2) is 9.88 Å². The Hall–Kier alpha value is -3.20. The Balaban J connectivity index is 1.26. The van der Waals surface area contributed by atoms with Crippen molar-refractivity contribution in [3.05, 3.63) is 59.9 Å². The molecule has 2 aliphatic rings. The molecule has 2 aliphatic heterocycles. The van der Waals surface area contributed by atoms with Crippen molar-refractivity contribution in [2.45, 2.75) is 37.4 Å². The summed E-state index contributed by atoms with van der Waals surface area (Å²) >= 11 is 0. The van der Waals surface area contributed by atoms with E-state index in [2.05, 4.69) is 9.97 Å². The Morgan fingerprint density at radius 3 is 2.31 bits per heavy atom. The lowest BCUT2D eigenvalue weighted by atomic mass is 9.95. The first-order valence-electron chi connectivity index (χ1n) is 10.5. The number of halogens is 3. The van der Waals surface area contributed by atoms with Crippen molar-refractivity contribution in [3.63, 3.8) is 0 Å². The summed E-state index contributed by atoms with van der Waals surface area (Å²) in [6.45, 7) is 1.29. The summed E-state index contributed by atoms with van der Waals surface area (Å²) in [7, 11) is 0. The number of hydrogen-bond donors (Lipinski definition) is 1. The van der Waals surface area contributed by atoms with Gasteiger partial charge in [0.1, 0.15) is 5.82 Å². The van der Waals surface area contributed by atoms with Gasteiger partial charge < -0.3 is 4.98 Å². The molecule has 9 heteroatoms. The van der Waals surface area contributed by atoms with E-state index in [4.69, 9.17) is 0 Å². The van der Waals surface area contributed by atoms with Gasteiger partial charge in [-0.3, -0.25) is 14.5 Å². The van der Waals surface area contributed by atoms with Crippen molar-refractivity contribution in [2.75, 3.05) is 18.0 Å².